The summed E-state index contributed by atoms with van der Waals surface area (Å²) in [6.45, 7) is 1.66. The second-order valence-corrected chi connectivity index (χ2v) is 6.08. The van der Waals surface area contributed by atoms with Crippen molar-refractivity contribution in [3.63, 3.8) is 0 Å². The van der Waals surface area contributed by atoms with Crippen LogP contribution in [0.3, 0.4) is 0 Å². The highest BCUT2D eigenvalue weighted by Gasteiger charge is 2.41. The van der Waals surface area contributed by atoms with Crippen molar-refractivity contribution in [1.82, 2.24) is 5.32 Å². The van der Waals surface area contributed by atoms with Gasteiger partial charge in [0.2, 0.25) is 0 Å². The third-order valence-corrected chi connectivity index (χ3v) is 4.53. The first-order chi connectivity index (χ1) is 8.78. The molecule has 0 aromatic rings. The fourth-order valence-electron chi connectivity index (χ4n) is 3.30. The van der Waals surface area contributed by atoms with Crippen LogP contribution in [-0.2, 0) is 9.47 Å². The maximum atomic E-state index is 6.28. The van der Waals surface area contributed by atoms with Crippen LogP contribution in [0.1, 0.15) is 44.9 Å². The normalized spacial score (nSPS) is 28.0. The highest BCUT2D eigenvalue weighted by molar-refractivity contribution is 6.17. The summed E-state index contributed by atoms with van der Waals surface area (Å²) in [7, 11) is 1.74. The van der Waals surface area contributed by atoms with Gasteiger partial charge < -0.3 is 14.8 Å². The molecular formula is C14H26ClNO2. The quantitative estimate of drug-likeness (QED) is 0.725. The van der Waals surface area contributed by atoms with E-state index in [1.807, 2.05) is 0 Å². The topological polar surface area (TPSA) is 30.5 Å². The van der Waals surface area contributed by atoms with Gasteiger partial charge in [0.05, 0.1) is 18.3 Å². The molecule has 3 nitrogen and oxygen atoms in total. The molecular weight excluding hydrogens is 250 g/mol. The molecule has 2 rings (SSSR count). The summed E-state index contributed by atoms with van der Waals surface area (Å²) >= 11 is 5.80. The summed E-state index contributed by atoms with van der Waals surface area (Å²) in [6, 6.07) is 0.358. The minimum Gasteiger partial charge on any atom is -0.383 e. The molecule has 18 heavy (non-hydrogen) atoms. The fourth-order valence-corrected chi connectivity index (χ4v) is 3.57. The molecule has 106 valence electrons. The van der Waals surface area contributed by atoms with Gasteiger partial charge in [-0.15, -0.1) is 11.6 Å². The monoisotopic (exact) mass is 275 g/mol. The van der Waals surface area contributed by atoms with Crippen LogP contribution in [0.15, 0.2) is 0 Å². The van der Waals surface area contributed by atoms with E-state index in [-0.39, 0.29) is 5.60 Å². The highest BCUT2D eigenvalue weighted by atomic mass is 35.5. The molecule has 0 bridgehead atoms. The minimum absolute atomic E-state index is 0.246. The Labute approximate surface area is 116 Å². The predicted molar refractivity (Wildman–Crippen MR) is 74.3 cm³/mol. The lowest BCUT2D eigenvalue weighted by Gasteiger charge is -2.25. The van der Waals surface area contributed by atoms with Crippen LogP contribution in [0.5, 0.6) is 0 Å². The van der Waals surface area contributed by atoms with Crippen molar-refractivity contribution in [3.05, 3.63) is 0 Å². The number of methoxy groups -OCH3 is 1. The first-order valence-corrected chi connectivity index (χ1v) is 7.77. The lowest BCUT2D eigenvalue weighted by molar-refractivity contribution is -0.0365. The van der Waals surface area contributed by atoms with Gasteiger partial charge in [0.1, 0.15) is 0 Å². The van der Waals surface area contributed by atoms with E-state index in [4.69, 9.17) is 21.1 Å². The molecule has 1 heterocycles. The summed E-state index contributed by atoms with van der Waals surface area (Å²) in [5, 5.41) is 3.54. The minimum atomic E-state index is 0.246. The number of rotatable bonds is 7. The van der Waals surface area contributed by atoms with Crippen molar-refractivity contribution in [2.45, 2.75) is 62.7 Å². The van der Waals surface area contributed by atoms with Crippen molar-refractivity contribution in [3.8, 4) is 0 Å². The summed E-state index contributed by atoms with van der Waals surface area (Å²) in [5.41, 5.74) is 0.246. The fraction of sp³-hybridized carbons (Fsp3) is 1.00. The lowest BCUT2D eigenvalue weighted by atomic mass is 9.98. The Bertz CT molecular complexity index is 238. The molecule has 0 radical (unpaired) electrons. The third-order valence-electron chi connectivity index (χ3n) is 4.31. The second kappa shape index (κ2) is 7.09. The second-order valence-electron chi connectivity index (χ2n) is 5.71. The Morgan fingerprint density at radius 3 is 2.83 bits per heavy atom. The zero-order valence-electron chi connectivity index (χ0n) is 11.4. The number of alkyl halides is 1. The van der Waals surface area contributed by atoms with Gasteiger partial charge in [0.15, 0.2) is 0 Å². The van der Waals surface area contributed by atoms with Crippen LogP contribution < -0.4 is 5.32 Å². The van der Waals surface area contributed by atoms with Gasteiger partial charge in [-0.1, -0.05) is 12.8 Å². The maximum Gasteiger partial charge on any atom is 0.0708 e. The molecule has 0 aromatic heterocycles. The zero-order valence-corrected chi connectivity index (χ0v) is 12.2. The van der Waals surface area contributed by atoms with Gasteiger partial charge in [-0.05, 0) is 32.1 Å². The largest absolute Gasteiger partial charge is 0.383 e. The van der Waals surface area contributed by atoms with Gasteiger partial charge in [-0.25, -0.2) is 0 Å². The summed E-state index contributed by atoms with van der Waals surface area (Å²) in [5.74, 6) is 0.677. The number of hydrogen-bond donors (Lipinski definition) is 1. The van der Waals surface area contributed by atoms with E-state index in [1.165, 1.54) is 38.5 Å². The van der Waals surface area contributed by atoms with Crippen molar-refractivity contribution < 1.29 is 9.47 Å². The SMILES string of the molecule is COCC(CCCl)NCC1CCC2(CCCC2)O1. The third kappa shape index (κ3) is 3.83. The predicted octanol–water partition coefficient (Wildman–Crippen LogP) is 2.71. The molecule has 2 atom stereocenters. The van der Waals surface area contributed by atoms with Crippen LogP contribution >= 0.6 is 11.6 Å². The van der Waals surface area contributed by atoms with Gasteiger partial charge in [0, 0.05) is 25.6 Å². The molecule has 1 N–H and O–H groups in total. The smallest absolute Gasteiger partial charge is 0.0708 e. The van der Waals surface area contributed by atoms with E-state index in [2.05, 4.69) is 5.32 Å². The Kier molecular flexibility index (Phi) is 5.74. The summed E-state index contributed by atoms with van der Waals surface area (Å²) in [6.07, 6.45) is 9.03. The average Bonchev–Trinajstić information content (AvgIpc) is 2.98. The van der Waals surface area contributed by atoms with Crippen LogP contribution in [0, 0.1) is 0 Å². The van der Waals surface area contributed by atoms with E-state index < -0.39 is 0 Å². The standard InChI is InChI=1S/C14H26ClNO2/c1-17-11-12(5-9-15)16-10-13-4-8-14(18-13)6-2-3-7-14/h12-13,16H,2-11H2,1H3. The van der Waals surface area contributed by atoms with Crippen molar-refractivity contribution in [2.75, 3.05) is 26.1 Å². The molecule has 1 aliphatic heterocycles. The van der Waals surface area contributed by atoms with Crippen LogP contribution in [0.2, 0.25) is 0 Å². The van der Waals surface area contributed by atoms with E-state index in [1.54, 1.807) is 7.11 Å². The van der Waals surface area contributed by atoms with Crippen LogP contribution in [-0.4, -0.2) is 43.9 Å². The van der Waals surface area contributed by atoms with E-state index >= 15 is 0 Å². The molecule has 1 saturated carbocycles. The van der Waals surface area contributed by atoms with Crippen molar-refractivity contribution >= 4 is 11.6 Å². The van der Waals surface area contributed by atoms with Gasteiger partial charge in [0.25, 0.3) is 0 Å². The van der Waals surface area contributed by atoms with Gasteiger partial charge in [-0.2, -0.15) is 0 Å². The first-order valence-electron chi connectivity index (χ1n) is 7.24. The first kappa shape index (κ1) is 14.6. The molecule has 2 unspecified atom stereocenters. The van der Waals surface area contributed by atoms with E-state index in [0.29, 0.717) is 18.0 Å². The average molecular weight is 276 g/mol. The molecule has 1 saturated heterocycles. The number of nitrogens with one attached hydrogen (secondary N) is 1. The Hall–Kier alpha value is 0.170. The Morgan fingerprint density at radius 2 is 2.17 bits per heavy atom. The Balaban J connectivity index is 1.70. The molecule has 4 heteroatoms. The van der Waals surface area contributed by atoms with E-state index in [0.717, 1.165) is 19.6 Å². The lowest BCUT2D eigenvalue weighted by Crippen LogP contribution is -2.39. The van der Waals surface area contributed by atoms with E-state index in [9.17, 15) is 0 Å². The molecule has 0 amide bonds. The summed E-state index contributed by atoms with van der Waals surface area (Å²) < 4.78 is 11.5. The van der Waals surface area contributed by atoms with Crippen LogP contribution in [0.4, 0.5) is 0 Å². The van der Waals surface area contributed by atoms with Crippen LogP contribution in [0.25, 0.3) is 0 Å². The molecule has 2 aliphatic rings. The zero-order chi connectivity index (χ0) is 12.8. The molecule has 0 aromatic carbocycles. The number of hydrogen-bond acceptors (Lipinski definition) is 3. The van der Waals surface area contributed by atoms with Crippen molar-refractivity contribution in [2.24, 2.45) is 0 Å². The number of halogens is 1. The molecule has 1 aliphatic carbocycles. The summed E-state index contributed by atoms with van der Waals surface area (Å²) in [4.78, 5) is 0. The highest BCUT2D eigenvalue weighted by Crippen LogP contribution is 2.43. The maximum absolute atomic E-state index is 6.28. The Morgan fingerprint density at radius 1 is 1.39 bits per heavy atom. The number of ether oxygens (including phenoxy) is 2. The van der Waals surface area contributed by atoms with Gasteiger partial charge >= 0.3 is 0 Å². The van der Waals surface area contributed by atoms with Crippen molar-refractivity contribution in [1.29, 1.82) is 0 Å². The van der Waals surface area contributed by atoms with Gasteiger partial charge in [-0.3, -0.25) is 0 Å². The molecule has 1 spiro atoms. The molecule has 2 fully saturated rings.